The molecule has 1 aromatic carbocycles. The Morgan fingerprint density at radius 2 is 1.94 bits per heavy atom. The van der Waals surface area contributed by atoms with Crippen LogP contribution in [-0.4, -0.2) is 32.9 Å². The van der Waals surface area contributed by atoms with Gasteiger partial charge in [-0.05, 0) is 42.8 Å². The van der Waals surface area contributed by atoms with Crippen LogP contribution >= 0.6 is 11.3 Å². The van der Waals surface area contributed by atoms with Gasteiger partial charge in [-0.3, -0.25) is 4.79 Å². The summed E-state index contributed by atoms with van der Waals surface area (Å²) in [7, 11) is 0. The number of halogens is 5. The number of carbonyl (C=O) groups is 2. The fraction of sp³-hybridized carbons (Fsp3) is 0.250. The molecule has 1 aliphatic carbocycles. The number of rotatable bonds is 3. The number of benzene rings is 1. The molecule has 1 amide bonds. The van der Waals surface area contributed by atoms with Crippen LogP contribution in [0, 0.1) is 11.6 Å². The van der Waals surface area contributed by atoms with Crippen LogP contribution in [0.2, 0.25) is 0 Å². The Morgan fingerprint density at radius 3 is 2.53 bits per heavy atom. The van der Waals surface area contributed by atoms with Crippen molar-refractivity contribution in [2.24, 2.45) is 0 Å². The molecule has 170 valence electrons. The Labute approximate surface area is 182 Å². The minimum atomic E-state index is -5.08. The van der Waals surface area contributed by atoms with E-state index in [1.807, 2.05) is 11.4 Å². The number of carbonyl (C=O) groups excluding carboxylic acids is 1. The minimum Gasteiger partial charge on any atom is -0.475 e. The second-order valence-corrected chi connectivity index (χ2v) is 7.70. The van der Waals surface area contributed by atoms with Crippen molar-refractivity contribution in [3.05, 3.63) is 69.7 Å². The molecule has 0 saturated carbocycles. The summed E-state index contributed by atoms with van der Waals surface area (Å²) in [5.41, 5.74) is 1.96. The van der Waals surface area contributed by atoms with Gasteiger partial charge in [0, 0.05) is 17.3 Å². The third kappa shape index (κ3) is 5.31. The molecule has 2 N–H and O–H groups in total. The highest BCUT2D eigenvalue weighted by molar-refractivity contribution is 7.12. The average molecular weight is 473 g/mol. The number of carboxylic acid groups (broad SMARTS) is 1. The quantitative estimate of drug-likeness (QED) is 0.543. The standard InChI is InChI=1S/C18H15F2N3OS.C2HF3O2/c19-11-6-7-16(13(20)9-11)23-15-4-1-3-14(12(15)10-21-23)22-18(24)17-5-2-8-25-17;3-2(4,5)1(6)7/h2,5-10,14H,1,3-4H2,(H,22,24);(H,6,7). The first kappa shape index (κ1) is 23.4. The average Bonchev–Trinajstić information content (AvgIpc) is 3.38. The van der Waals surface area contributed by atoms with Crippen LogP contribution in [-0.2, 0) is 11.2 Å². The van der Waals surface area contributed by atoms with Crippen LogP contribution in [0.4, 0.5) is 22.0 Å². The maximum Gasteiger partial charge on any atom is 0.490 e. The molecule has 12 heteroatoms. The largest absolute Gasteiger partial charge is 0.490 e. The van der Waals surface area contributed by atoms with E-state index in [-0.39, 0.29) is 17.6 Å². The molecule has 0 spiro atoms. The first-order valence-corrected chi connectivity index (χ1v) is 10.1. The van der Waals surface area contributed by atoms with Gasteiger partial charge < -0.3 is 10.4 Å². The summed E-state index contributed by atoms with van der Waals surface area (Å²) in [4.78, 5) is 21.9. The molecule has 0 bridgehead atoms. The Morgan fingerprint density at radius 1 is 1.22 bits per heavy atom. The topological polar surface area (TPSA) is 84.2 Å². The van der Waals surface area contributed by atoms with Gasteiger partial charge in [0.05, 0.1) is 17.1 Å². The summed E-state index contributed by atoms with van der Waals surface area (Å²) in [6.07, 6.45) is -1.02. The molecule has 0 aliphatic heterocycles. The van der Waals surface area contributed by atoms with Gasteiger partial charge in [0.25, 0.3) is 5.91 Å². The summed E-state index contributed by atoms with van der Waals surface area (Å²) in [5, 5.41) is 16.3. The van der Waals surface area contributed by atoms with Crippen LogP contribution < -0.4 is 5.32 Å². The molecule has 1 aliphatic rings. The van der Waals surface area contributed by atoms with Gasteiger partial charge in [-0.1, -0.05) is 6.07 Å². The van der Waals surface area contributed by atoms with Gasteiger partial charge in [-0.15, -0.1) is 11.3 Å². The lowest BCUT2D eigenvalue weighted by Gasteiger charge is -2.24. The number of nitrogens with one attached hydrogen (secondary N) is 1. The van der Waals surface area contributed by atoms with E-state index in [9.17, 15) is 26.7 Å². The van der Waals surface area contributed by atoms with Crippen LogP contribution in [0.3, 0.4) is 0 Å². The van der Waals surface area contributed by atoms with Crippen molar-refractivity contribution in [3.63, 3.8) is 0 Å². The summed E-state index contributed by atoms with van der Waals surface area (Å²) in [6.45, 7) is 0. The van der Waals surface area contributed by atoms with Crippen LogP contribution in [0.25, 0.3) is 5.69 Å². The Kier molecular flexibility index (Phi) is 6.92. The van der Waals surface area contributed by atoms with E-state index in [0.29, 0.717) is 4.88 Å². The highest BCUT2D eigenvalue weighted by Gasteiger charge is 2.38. The van der Waals surface area contributed by atoms with Gasteiger partial charge in [0.15, 0.2) is 5.82 Å². The van der Waals surface area contributed by atoms with E-state index in [2.05, 4.69) is 10.4 Å². The number of thiophene rings is 1. The molecule has 4 rings (SSSR count). The zero-order valence-electron chi connectivity index (χ0n) is 16.2. The lowest BCUT2D eigenvalue weighted by atomic mass is 9.93. The number of carboxylic acids is 1. The first-order valence-electron chi connectivity index (χ1n) is 9.24. The number of alkyl halides is 3. The van der Waals surface area contributed by atoms with Crippen molar-refractivity contribution in [1.82, 2.24) is 15.1 Å². The van der Waals surface area contributed by atoms with Crippen molar-refractivity contribution in [2.75, 3.05) is 0 Å². The van der Waals surface area contributed by atoms with Crippen molar-refractivity contribution in [1.29, 1.82) is 0 Å². The lowest BCUT2D eigenvalue weighted by molar-refractivity contribution is -0.192. The number of nitrogens with zero attached hydrogens (tertiary/aromatic N) is 2. The van der Waals surface area contributed by atoms with E-state index in [4.69, 9.17) is 9.90 Å². The van der Waals surface area contributed by atoms with Gasteiger partial charge in [0.1, 0.15) is 11.5 Å². The maximum atomic E-state index is 14.1. The lowest BCUT2D eigenvalue weighted by Crippen LogP contribution is -2.30. The third-order valence-corrected chi connectivity index (χ3v) is 5.48. The summed E-state index contributed by atoms with van der Waals surface area (Å²) >= 11 is 1.39. The molecule has 3 aromatic rings. The van der Waals surface area contributed by atoms with Crippen LogP contribution in [0.1, 0.15) is 39.8 Å². The third-order valence-electron chi connectivity index (χ3n) is 4.61. The van der Waals surface area contributed by atoms with E-state index in [1.54, 1.807) is 12.3 Å². The highest BCUT2D eigenvalue weighted by Crippen LogP contribution is 2.32. The molecule has 1 unspecified atom stereocenters. The normalized spacial score (nSPS) is 15.3. The second kappa shape index (κ2) is 9.47. The van der Waals surface area contributed by atoms with Crippen molar-refractivity contribution >= 4 is 23.2 Å². The van der Waals surface area contributed by atoms with Gasteiger partial charge in [0.2, 0.25) is 0 Å². The number of hydrogen-bond acceptors (Lipinski definition) is 4. The smallest absolute Gasteiger partial charge is 0.475 e. The van der Waals surface area contributed by atoms with Crippen molar-refractivity contribution < 1.29 is 36.6 Å². The Bertz CT molecular complexity index is 1110. The number of aliphatic carboxylic acids is 1. The van der Waals surface area contributed by atoms with Crippen LogP contribution in [0.15, 0.2) is 41.9 Å². The van der Waals surface area contributed by atoms with Gasteiger partial charge >= 0.3 is 12.1 Å². The zero-order valence-corrected chi connectivity index (χ0v) is 17.0. The van der Waals surface area contributed by atoms with Crippen molar-refractivity contribution in [3.8, 4) is 5.69 Å². The predicted molar refractivity (Wildman–Crippen MR) is 105 cm³/mol. The van der Waals surface area contributed by atoms with Gasteiger partial charge in [-0.2, -0.15) is 18.3 Å². The van der Waals surface area contributed by atoms with E-state index < -0.39 is 23.8 Å². The molecule has 2 aromatic heterocycles. The molecule has 0 radical (unpaired) electrons. The van der Waals surface area contributed by atoms with E-state index >= 15 is 0 Å². The maximum absolute atomic E-state index is 14.1. The van der Waals surface area contributed by atoms with E-state index in [0.717, 1.165) is 36.6 Å². The minimum absolute atomic E-state index is 0.117. The summed E-state index contributed by atoms with van der Waals surface area (Å²) in [5.74, 6) is -4.15. The number of aromatic nitrogens is 2. The number of hydrogen-bond donors (Lipinski definition) is 2. The summed E-state index contributed by atoms with van der Waals surface area (Å²) < 4.78 is 60.5. The summed E-state index contributed by atoms with van der Waals surface area (Å²) in [6, 6.07) is 6.90. The van der Waals surface area contributed by atoms with Crippen molar-refractivity contribution in [2.45, 2.75) is 31.5 Å². The predicted octanol–water partition coefficient (Wildman–Crippen LogP) is 4.65. The fourth-order valence-corrected chi connectivity index (χ4v) is 3.83. The van der Waals surface area contributed by atoms with Crippen LogP contribution in [0.5, 0.6) is 0 Å². The molecule has 2 heterocycles. The molecule has 0 fully saturated rings. The van der Waals surface area contributed by atoms with E-state index in [1.165, 1.54) is 28.2 Å². The number of fused-ring (bicyclic) bond motifs is 1. The molecule has 32 heavy (non-hydrogen) atoms. The molecular weight excluding hydrogens is 457 g/mol. The number of amides is 1. The monoisotopic (exact) mass is 473 g/mol. The SMILES string of the molecule is O=C(NC1CCCc2c1cnn2-c1ccc(F)cc1F)c1cccs1.O=C(O)C(F)(F)F. The molecule has 0 saturated heterocycles. The Balaban J connectivity index is 0.000000360. The molecular formula is C20H16F5N3O3S. The zero-order chi connectivity index (χ0) is 23.5. The fourth-order valence-electron chi connectivity index (χ4n) is 3.20. The van der Waals surface area contributed by atoms with Gasteiger partial charge in [-0.25, -0.2) is 18.3 Å². The Hall–Kier alpha value is -3.28. The second-order valence-electron chi connectivity index (χ2n) is 6.75. The molecule has 6 nitrogen and oxygen atoms in total. The highest BCUT2D eigenvalue weighted by atomic mass is 32.1. The molecule has 1 atom stereocenters. The first-order chi connectivity index (χ1) is 15.1.